The van der Waals surface area contributed by atoms with Crippen LogP contribution in [0.15, 0.2) is 41.1 Å². The molecule has 2 aromatic rings. The van der Waals surface area contributed by atoms with Gasteiger partial charge < -0.3 is 19.5 Å². The summed E-state index contributed by atoms with van der Waals surface area (Å²) in [6, 6.07) is 7.43. The van der Waals surface area contributed by atoms with E-state index in [2.05, 4.69) is 15.5 Å². The molecule has 3 atom stereocenters. The van der Waals surface area contributed by atoms with Gasteiger partial charge in [-0.05, 0) is 24.1 Å². The lowest BCUT2D eigenvalue weighted by molar-refractivity contribution is -0.119. The van der Waals surface area contributed by atoms with Crippen LogP contribution in [0.4, 0.5) is 4.79 Å². The normalized spacial score (nSPS) is 26.1. The molecule has 3 aliphatic heterocycles. The van der Waals surface area contributed by atoms with E-state index in [4.69, 9.17) is 20.9 Å². The molecular formula is C20H20ClN5O4. The summed E-state index contributed by atoms with van der Waals surface area (Å²) in [4.78, 5) is 31.8. The molecule has 5 rings (SSSR count). The van der Waals surface area contributed by atoms with E-state index in [1.165, 1.54) is 17.2 Å². The van der Waals surface area contributed by atoms with Crippen LogP contribution in [0.5, 0.6) is 0 Å². The highest BCUT2D eigenvalue weighted by Crippen LogP contribution is 2.37. The Hall–Kier alpha value is -2.91. The monoisotopic (exact) mass is 429 g/mol. The van der Waals surface area contributed by atoms with Crippen molar-refractivity contribution in [2.75, 3.05) is 13.2 Å². The molecule has 9 nitrogen and oxygen atoms in total. The molecule has 10 heteroatoms. The number of hydrogen-bond acceptors (Lipinski definition) is 6. The SMILES string of the molecule is O=C1C=CN2C(=O)N(Cc3nc([C@@H]4CO[C@@H](c5ccc(Cl)cc5)C4)no3)CCC2N1. The van der Waals surface area contributed by atoms with Gasteiger partial charge in [-0.15, -0.1) is 0 Å². The van der Waals surface area contributed by atoms with Gasteiger partial charge in [0.05, 0.1) is 12.7 Å². The van der Waals surface area contributed by atoms with Crippen LogP contribution in [0.3, 0.4) is 0 Å². The summed E-state index contributed by atoms with van der Waals surface area (Å²) in [7, 11) is 0. The first-order valence-corrected chi connectivity index (χ1v) is 10.2. The van der Waals surface area contributed by atoms with Gasteiger partial charge in [0.1, 0.15) is 12.7 Å². The predicted molar refractivity (Wildman–Crippen MR) is 105 cm³/mol. The number of benzene rings is 1. The third kappa shape index (κ3) is 3.66. The third-order valence-corrected chi connectivity index (χ3v) is 5.86. The van der Waals surface area contributed by atoms with Gasteiger partial charge in [0.15, 0.2) is 5.82 Å². The average molecular weight is 430 g/mol. The highest BCUT2D eigenvalue weighted by atomic mass is 35.5. The zero-order valence-corrected chi connectivity index (χ0v) is 16.8. The van der Waals surface area contributed by atoms with Gasteiger partial charge in [-0.3, -0.25) is 9.69 Å². The summed E-state index contributed by atoms with van der Waals surface area (Å²) < 4.78 is 11.3. The summed E-state index contributed by atoms with van der Waals surface area (Å²) in [5.41, 5.74) is 1.07. The van der Waals surface area contributed by atoms with Crippen molar-refractivity contribution < 1.29 is 18.8 Å². The molecule has 4 heterocycles. The van der Waals surface area contributed by atoms with Gasteiger partial charge in [-0.2, -0.15) is 4.98 Å². The molecule has 30 heavy (non-hydrogen) atoms. The minimum absolute atomic E-state index is 0.0316. The maximum Gasteiger partial charge on any atom is 0.326 e. The van der Waals surface area contributed by atoms with Crippen molar-refractivity contribution in [3.8, 4) is 0 Å². The molecule has 3 amide bonds. The number of carbonyl (C=O) groups is 2. The number of hydrogen-bond donors (Lipinski definition) is 1. The number of amides is 3. The maximum atomic E-state index is 12.7. The van der Waals surface area contributed by atoms with Crippen molar-refractivity contribution in [2.24, 2.45) is 0 Å². The minimum Gasteiger partial charge on any atom is -0.373 e. The van der Waals surface area contributed by atoms with Crippen LogP contribution in [-0.4, -0.2) is 51.2 Å². The Kier molecular flexibility index (Phi) is 4.92. The smallest absolute Gasteiger partial charge is 0.326 e. The van der Waals surface area contributed by atoms with Crippen molar-refractivity contribution in [2.45, 2.75) is 37.6 Å². The first-order chi connectivity index (χ1) is 14.6. The summed E-state index contributed by atoms with van der Waals surface area (Å²) >= 11 is 5.95. The Morgan fingerprint density at radius 3 is 2.90 bits per heavy atom. The molecule has 0 bridgehead atoms. The number of fused-ring (bicyclic) bond motifs is 1. The second kappa shape index (κ2) is 7.73. The second-order valence-corrected chi connectivity index (χ2v) is 8.03. The highest BCUT2D eigenvalue weighted by molar-refractivity contribution is 6.30. The number of urea groups is 1. The number of nitrogens with one attached hydrogen (secondary N) is 1. The molecule has 0 saturated carbocycles. The molecule has 1 aromatic carbocycles. The number of rotatable bonds is 4. The molecule has 0 radical (unpaired) electrons. The first kappa shape index (κ1) is 19.1. The van der Waals surface area contributed by atoms with E-state index >= 15 is 0 Å². The van der Waals surface area contributed by atoms with Crippen LogP contribution in [-0.2, 0) is 16.1 Å². The number of aromatic nitrogens is 2. The van der Waals surface area contributed by atoms with Crippen LogP contribution in [0, 0.1) is 0 Å². The molecule has 156 valence electrons. The van der Waals surface area contributed by atoms with Crippen molar-refractivity contribution in [3.63, 3.8) is 0 Å². The van der Waals surface area contributed by atoms with E-state index in [-0.39, 0.29) is 36.7 Å². The van der Waals surface area contributed by atoms with Gasteiger partial charge in [-0.1, -0.05) is 28.9 Å². The van der Waals surface area contributed by atoms with Crippen LogP contribution in [0.2, 0.25) is 5.02 Å². The van der Waals surface area contributed by atoms with Crippen LogP contribution < -0.4 is 5.32 Å². The molecule has 1 unspecified atom stereocenters. The highest BCUT2D eigenvalue weighted by Gasteiger charge is 2.36. The lowest BCUT2D eigenvalue weighted by atomic mass is 10.0. The molecule has 2 fully saturated rings. The third-order valence-electron chi connectivity index (χ3n) is 5.61. The van der Waals surface area contributed by atoms with E-state index in [0.717, 1.165) is 12.0 Å². The van der Waals surface area contributed by atoms with E-state index in [0.29, 0.717) is 36.3 Å². The van der Waals surface area contributed by atoms with Crippen molar-refractivity contribution in [1.82, 2.24) is 25.3 Å². The minimum atomic E-state index is -0.301. The zero-order chi connectivity index (χ0) is 20.7. The van der Waals surface area contributed by atoms with Crippen molar-refractivity contribution in [1.29, 1.82) is 0 Å². The van der Waals surface area contributed by atoms with E-state index in [1.807, 2.05) is 24.3 Å². The fraction of sp³-hybridized carbons (Fsp3) is 0.400. The molecule has 0 spiro atoms. The number of nitrogens with zero attached hydrogens (tertiary/aromatic N) is 4. The molecule has 3 aliphatic rings. The summed E-state index contributed by atoms with van der Waals surface area (Å²) in [6.45, 7) is 1.23. The summed E-state index contributed by atoms with van der Waals surface area (Å²) in [5, 5.41) is 7.58. The van der Waals surface area contributed by atoms with Crippen molar-refractivity contribution in [3.05, 3.63) is 58.8 Å². The number of halogens is 1. The van der Waals surface area contributed by atoms with E-state index in [1.54, 1.807) is 4.90 Å². The van der Waals surface area contributed by atoms with E-state index < -0.39 is 0 Å². The Bertz CT molecular complexity index is 991. The zero-order valence-electron chi connectivity index (χ0n) is 16.0. The fourth-order valence-electron chi connectivity index (χ4n) is 4.00. The van der Waals surface area contributed by atoms with Crippen LogP contribution in [0.25, 0.3) is 0 Å². The summed E-state index contributed by atoms with van der Waals surface area (Å²) in [5.74, 6) is 0.824. The van der Waals surface area contributed by atoms with E-state index in [9.17, 15) is 9.59 Å². The van der Waals surface area contributed by atoms with Crippen LogP contribution >= 0.6 is 11.6 Å². The first-order valence-electron chi connectivity index (χ1n) is 9.82. The average Bonchev–Trinajstić information content (AvgIpc) is 3.40. The summed E-state index contributed by atoms with van der Waals surface area (Å²) in [6.07, 6.45) is 3.91. The van der Waals surface area contributed by atoms with Gasteiger partial charge in [0.25, 0.3) is 0 Å². The van der Waals surface area contributed by atoms with Gasteiger partial charge in [0.2, 0.25) is 11.8 Å². The Balaban J connectivity index is 1.22. The second-order valence-electron chi connectivity index (χ2n) is 7.59. The Morgan fingerprint density at radius 2 is 2.07 bits per heavy atom. The lowest BCUT2D eigenvalue weighted by Crippen LogP contribution is -2.59. The molecule has 0 aliphatic carbocycles. The molecule has 1 aromatic heterocycles. The fourth-order valence-corrected chi connectivity index (χ4v) is 4.13. The van der Waals surface area contributed by atoms with Gasteiger partial charge >= 0.3 is 6.03 Å². The molecule has 2 saturated heterocycles. The topological polar surface area (TPSA) is 101 Å². The predicted octanol–water partition coefficient (Wildman–Crippen LogP) is 2.57. The standard InChI is InChI=1S/C20H20ClN5O4/c21-14-3-1-12(2-4-14)15-9-13(11-29-15)19-23-18(30-24-19)10-25-7-5-16-22-17(27)6-8-26(16)20(25)28/h1-4,6,8,13,15-16H,5,7,9-11H2,(H,22,27)/t13-,15+,16?/m0/s1. The molecule has 1 N–H and O–H groups in total. The quantitative estimate of drug-likeness (QED) is 0.801. The Morgan fingerprint density at radius 1 is 1.23 bits per heavy atom. The largest absolute Gasteiger partial charge is 0.373 e. The van der Waals surface area contributed by atoms with Crippen LogP contribution in [0.1, 0.15) is 42.1 Å². The molecular weight excluding hydrogens is 410 g/mol. The number of carbonyl (C=O) groups excluding carboxylic acids is 2. The maximum absolute atomic E-state index is 12.7. The van der Waals surface area contributed by atoms with Crippen molar-refractivity contribution >= 4 is 23.5 Å². The van der Waals surface area contributed by atoms with Gasteiger partial charge in [-0.25, -0.2) is 4.79 Å². The lowest BCUT2D eigenvalue weighted by Gasteiger charge is -2.40. The van der Waals surface area contributed by atoms with Gasteiger partial charge in [0, 0.05) is 36.2 Å². The Labute approximate surface area is 177 Å². The number of ether oxygens (including phenoxy) is 1.